The molecule has 1 aliphatic rings. The lowest BCUT2D eigenvalue weighted by atomic mass is 9.95. The van der Waals surface area contributed by atoms with Gasteiger partial charge in [0.15, 0.2) is 4.80 Å². The van der Waals surface area contributed by atoms with Crippen molar-refractivity contribution in [3.05, 3.63) is 155 Å². The fourth-order valence-electron chi connectivity index (χ4n) is 5.37. The van der Waals surface area contributed by atoms with E-state index in [1.54, 1.807) is 60.3 Å². The first-order chi connectivity index (χ1) is 23.2. The number of rotatable bonds is 9. The maximum atomic E-state index is 14.3. The first-order valence-electron chi connectivity index (χ1n) is 14.6. The predicted octanol–water partition coefficient (Wildman–Crippen LogP) is 4.51. The second kappa shape index (κ2) is 13.3. The highest BCUT2D eigenvalue weighted by molar-refractivity contribution is 7.07. The van der Waals surface area contributed by atoms with Gasteiger partial charge in [0.25, 0.3) is 11.2 Å². The van der Waals surface area contributed by atoms with Crippen LogP contribution in [0.25, 0.3) is 23.0 Å². The minimum absolute atomic E-state index is 0.0418. The minimum atomic E-state index is -0.921. The third-order valence-electron chi connectivity index (χ3n) is 7.60. The Balaban J connectivity index is 1.55. The monoisotopic (exact) mass is 661 g/mol. The van der Waals surface area contributed by atoms with Crippen LogP contribution in [-0.2, 0) is 14.3 Å². The average molecular weight is 662 g/mol. The number of para-hydroxylation sites is 1. The van der Waals surface area contributed by atoms with Gasteiger partial charge in [0, 0.05) is 29.5 Å². The van der Waals surface area contributed by atoms with Gasteiger partial charge in [-0.2, -0.15) is 5.10 Å². The van der Waals surface area contributed by atoms with E-state index in [1.807, 2.05) is 30.3 Å². The molecule has 2 aromatic heterocycles. The normalized spacial score (nSPS) is 14.2. The quantitative estimate of drug-likeness (QED) is 0.0970. The Hall–Kier alpha value is -6.21. The molecule has 0 saturated heterocycles. The van der Waals surface area contributed by atoms with Crippen LogP contribution in [-0.4, -0.2) is 44.9 Å². The number of carbonyl (C=O) groups is 2. The highest BCUT2D eigenvalue weighted by Gasteiger charge is 2.33. The number of nitro benzene ring substituents is 1. The van der Waals surface area contributed by atoms with E-state index >= 15 is 0 Å². The number of thiazole rings is 1. The molecule has 13 heteroatoms. The average Bonchev–Trinajstić information content (AvgIpc) is 3.67. The zero-order valence-electron chi connectivity index (χ0n) is 25.7. The van der Waals surface area contributed by atoms with Crippen LogP contribution in [0.4, 0.5) is 5.69 Å². The molecule has 1 atom stereocenters. The molecular weight excluding hydrogens is 634 g/mol. The summed E-state index contributed by atoms with van der Waals surface area (Å²) in [6, 6.07) is 20.9. The van der Waals surface area contributed by atoms with Gasteiger partial charge in [0.1, 0.15) is 12.3 Å². The molecule has 0 saturated carbocycles. The first kappa shape index (κ1) is 31.8. The van der Waals surface area contributed by atoms with Gasteiger partial charge < -0.3 is 9.47 Å². The van der Waals surface area contributed by atoms with Gasteiger partial charge in [-0.25, -0.2) is 19.3 Å². The number of allylic oxidation sites excluding steroid dienone is 1. The molecule has 6 rings (SSSR count). The molecule has 0 N–H and O–H groups in total. The molecular formula is C35H27N5O7S. The van der Waals surface area contributed by atoms with E-state index in [-0.39, 0.29) is 22.4 Å². The lowest BCUT2D eigenvalue weighted by Gasteiger charge is -2.24. The number of nitro groups is 1. The van der Waals surface area contributed by atoms with E-state index in [4.69, 9.17) is 14.6 Å². The first-order valence-corrected chi connectivity index (χ1v) is 15.4. The molecule has 3 heterocycles. The van der Waals surface area contributed by atoms with E-state index in [9.17, 15) is 24.5 Å². The minimum Gasteiger partial charge on any atom is -0.465 e. The van der Waals surface area contributed by atoms with Crippen LogP contribution < -0.4 is 14.9 Å². The Morgan fingerprint density at radius 3 is 2.50 bits per heavy atom. The predicted molar refractivity (Wildman–Crippen MR) is 178 cm³/mol. The maximum absolute atomic E-state index is 14.3. The standard InChI is InChI=1S/C35H27N5O7S/c1-4-17-47-34(43)29-21(2)36-35-39(31(29)22-13-15-23(16-14-22)33(42)46-3)32(41)28(48-35)19-25-20-38(26-10-6-5-7-11-26)37-30(25)24-9-8-12-27(18-24)40(44)45/h4-16,18-20,31H,1,17H2,2-3H3. The molecule has 0 fully saturated rings. The summed E-state index contributed by atoms with van der Waals surface area (Å²) in [6.07, 6.45) is 4.85. The number of carbonyl (C=O) groups excluding carboxylic acids is 2. The summed E-state index contributed by atoms with van der Waals surface area (Å²) in [7, 11) is 1.28. The van der Waals surface area contributed by atoms with E-state index < -0.39 is 28.5 Å². The number of hydrogen-bond acceptors (Lipinski definition) is 10. The lowest BCUT2D eigenvalue weighted by Crippen LogP contribution is -2.40. The van der Waals surface area contributed by atoms with Crippen molar-refractivity contribution < 1.29 is 24.0 Å². The van der Waals surface area contributed by atoms with Crippen LogP contribution in [0.5, 0.6) is 0 Å². The van der Waals surface area contributed by atoms with Crippen LogP contribution in [0.2, 0.25) is 0 Å². The topological polar surface area (TPSA) is 148 Å². The number of ether oxygens (including phenoxy) is 2. The number of esters is 2. The Morgan fingerprint density at radius 1 is 1.06 bits per heavy atom. The summed E-state index contributed by atoms with van der Waals surface area (Å²) in [5.41, 5.74) is 3.04. The summed E-state index contributed by atoms with van der Waals surface area (Å²) in [5.74, 6) is -1.19. The molecule has 0 bridgehead atoms. The Bertz CT molecular complexity index is 2300. The number of benzene rings is 3. The van der Waals surface area contributed by atoms with Crippen molar-refractivity contribution in [1.82, 2.24) is 14.3 Å². The van der Waals surface area contributed by atoms with Crippen molar-refractivity contribution in [3.63, 3.8) is 0 Å². The van der Waals surface area contributed by atoms with Gasteiger partial charge in [-0.3, -0.25) is 19.5 Å². The number of aromatic nitrogens is 3. The second-order valence-corrected chi connectivity index (χ2v) is 11.6. The van der Waals surface area contributed by atoms with Crippen LogP contribution >= 0.6 is 11.3 Å². The molecule has 0 aliphatic carbocycles. The van der Waals surface area contributed by atoms with Crippen molar-refractivity contribution in [2.75, 3.05) is 13.7 Å². The van der Waals surface area contributed by atoms with E-state index in [1.165, 1.54) is 29.9 Å². The van der Waals surface area contributed by atoms with Crippen LogP contribution in [0.15, 0.2) is 119 Å². The van der Waals surface area contributed by atoms with E-state index in [2.05, 4.69) is 11.6 Å². The van der Waals surface area contributed by atoms with Gasteiger partial charge in [-0.05, 0) is 42.8 Å². The third-order valence-corrected chi connectivity index (χ3v) is 8.58. The fraction of sp³-hybridized carbons (Fsp3) is 0.114. The fourth-order valence-corrected chi connectivity index (χ4v) is 6.41. The van der Waals surface area contributed by atoms with Gasteiger partial charge in [-0.15, -0.1) is 0 Å². The Morgan fingerprint density at radius 2 is 1.81 bits per heavy atom. The number of hydrogen-bond donors (Lipinski definition) is 0. The molecule has 12 nitrogen and oxygen atoms in total. The number of methoxy groups -OCH3 is 1. The SMILES string of the molecule is C=CCOC(=O)C1=C(C)N=c2sc(=Cc3cn(-c4ccccc4)nc3-c3cccc([N+](=O)[O-])c3)c(=O)n2C1c1ccc(C(=O)OC)cc1. The second-order valence-electron chi connectivity index (χ2n) is 10.6. The smallest absolute Gasteiger partial charge is 0.338 e. The summed E-state index contributed by atoms with van der Waals surface area (Å²) >= 11 is 1.13. The van der Waals surface area contributed by atoms with Crippen molar-refractivity contribution in [1.29, 1.82) is 0 Å². The van der Waals surface area contributed by atoms with Crippen LogP contribution in [0, 0.1) is 10.1 Å². The molecule has 5 aromatic rings. The van der Waals surface area contributed by atoms with Crippen molar-refractivity contribution >= 4 is 35.0 Å². The largest absolute Gasteiger partial charge is 0.465 e. The van der Waals surface area contributed by atoms with Gasteiger partial charge in [0.05, 0.1) is 45.1 Å². The molecule has 0 radical (unpaired) electrons. The summed E-state index contributed by atoms with van der Waals surface area (Å²) in [6.45, 7) is 5.23. The summed E-state index contributed by atoms with van der Waals surface area (Å²) in [5, 5.41) is 16.3. The number of nitrogens with zero attached hydrogens (tertiary/aromatic N) is 5. The van der Waals surface area contributed by atoms with Crippen molar-refractivity contribution in [2.24, 2.45) is 4.99 Å². The van der Waals surface area contributed by atoms with Crippen molar-refractivity contribution in [3.8, 4) is 16.9 Å². The van der Waals surface area contributed by atoms with Gasteiger partial charge >= 0.3 is 11.9 Å². The Labute approximate surface area is 277 Å². The van der Waals surface area contributed by atoms with E-state index in [0.29, 0.717) is 38.4 Å². The molecule has 0 amide bonds. The summed E-state index contributed by atoms with van der Waals surface area (Å²) < 4.78 is 13.6. The molecule has 3 aromatic carbocycles. The number of fused-ring (bicyclic) bond motifs is 1. The highest BCUT2D eigenvalue weighted by Crippen LogP contribution is 2.31. The zero-order valence-corrected chi connectivity index (χ0v) is 26.5. The molecule has 0 spiro atoms. The molecule has 1 unspecified atom stereocenters. The van der Waals surface area contributed by atoms with Crippen LogP contribution in [0.1, 0.15) is 34.5 Å². The van der Waals surface area contributed by atoms with Gasteiger partial charge in [0.2, 0.25) is 0 Å². The molecule has 1 aliphatic heterocycles. The summed E-state index contributed by atoms with van der Waals surface area (Å²) in [4.78, 5) is 55.8. The Kier molecular flexibility index (Phi) is 8.77. The highest BCUT2D eigenvalue weighted by atomic mass is 32.1. The number of non-ortho nitro benzene ring substituents is 1. The lowest BCUT2D eigenvalue weighted by molar-refractivity contribution is -0.384. The van der Waals surface area contributed by atoms with Crippen molar-refractivity contribution in [2.45, 2.75) is 13.0 Å². The van der Waals surface area contributed by atoms with E-state index in [0.717, 1.165) is 17.0 Å². The van der Waals surface area contributed by atoms with Crippen LogP contribution in [0.3, 0.4) is 0 Å². The zero-order chi connectivity index (χ0) is 33.9. The molecule has 48 heavy (non-hydrogen) atoms. The van der Waals surface area contributed by atoms with Gasteiger partial charge in [-0.1, -0.05) is 66.5 Å². The third kappa shape index (κ3) is 6.01. The molecule has 240 valence electrons. The maximum Gasteiger partial charge on any atom is 0.338 e.